The van der Waals surface area contributed by atoms with Gasteiger partial charge in [-0.3, -0.25) is 14.6 Å². The van der Waals surface area contributed by atoms with Crippen LogP contribution in [0.3, 0.4) is 0 Å². The second kappa shape index (κ2) is 16.1. The molecule has 1 unspecified atom stereocenters. The van der Waals surface area contributed by atoms with Crippen LogP contribution in [-0.4, -0.2) is 98.4 Å². The molecule has 258 valence electrons. The summed E-state index contributed by atoms with van der Waals surface area (Å²) in [5.41, 5.74) is 1.94. The number of ether oxygens (including phenoxy) is 4. The van der Waals surface area contributed by atoms with Crippen molar-refractivity contribution in [2.24, 2.45) is 0 Å². The third-order valence-corrected chi connectivity index (χ3v) is 8.53. The minimum Gasteiger partial charge on any atom is -0.496 e. The molecule has 2 aromatic carbocycles. The lowest BCUT2D eigenvalue weighted by atomic mass is 10.1. The molecule has 2 aromatic rings. The van der Waals surface area contributed by atoms with E-state index < -0.39 is 17.7 Å². The Balaban J connectivity index is 1.45. The maximum absolute atomic E-state index is 13.7. The predicted octanol–water partition coefficient (Wildman–Crippen LogP) is 6.12. The smallest absolute Gasteiger partial charge is 0.410 e. The molecule has 0 radical (unpaired) electrons. The minimum atomic E-state index is -0.674. The van der Waals surface area contributed by atoms with Gasteiger partial charge in [0.25, 0.3) is 0 Å². The van der Waals surface area contributed by atoms with Crippen LogP contribution in [0.15, 0.2) is 36.4 Å². The maximum atomic E-state index is 13.7. The molecule has 11 heteroatoms. The van der Waals surface area contributed by atoms with Crippen LogP contribution in [0.1, 0.15) is 70.9 Å². The number of nitrogens with zero attached hydrogens (tertiary/aromatic N) is 4. The molecule has 2 saturated heterocycles. The number of benzene rings is 2. The van der Waals surface area contributed by atoms with Gasteiger partial charge in [0.15, 0.2) is 11.5 Å². The van der Waals surface area contributed by atoms with Crippen LogP contribution in [-0.2, 0) is 22.5 Å². The lowest BCUT2D eigenvalue weighted by Crippen LogP contribution is -2.49. The van der Waals surface area contributed by atoms with Crippen LogP contribution in [0, 0.1) is 0 Å². The Hall–Kier alpha value is -4.15. The van der Waals surface area contributed by atoms with E-state index in [1.807, 2.05) is 62.1 Å². The van der Waals surface area contributed by atoms with Crippen molar-refractivity contribution in [2.45, 2.75) is 84.4 Å². The third-order valence-electron chi connectivity index (χ3n) is 8.53. The first-order chi connectivity index (χ1) is 22.4. The van der Waals surface area contributed by atoms with Crippen LogP contribution >= 0.6 is 0 Å². The summed E-state index contributed by atoms with van der Waals surface area (Å²) in [6.07, 6.45) is 4.58. The quantitative estimate of drug-likeness (QED) is 0.227. The summed E-state index contributed by atoms with van der Waals surface area (Å²) >= 11 is 0. The highest BCUT2D eigenvalue weighted by Crippen LogP contribution is 2.34. The van der Waals surface area contributed by atoms with Gasteiger partial charge in [-0.2, -0.15) is 0 Å². The number of hydrogen-bond donors (Lipinski definition) is 0. The van der Waals surface area contributed by atoms with Crippen LogP contribution in [0.5, 0.6) is 17.2 Å². The third kappa shape index (κ3) is 9.23. The number of likely N-dealkylation sites (N-methyl/N-ethyl adjacent to an activating group) is 1. The zero-order chi connectivity index (χ0) is 34.1. The lowest BCUT2D eigenvalue weighted by Gasteiger charge is -2.36. The first-order valence-electron chi connectivity index (χ1n) is 16.7. The highest BCUT2D eigenvalue weighted by atomic mass is 16.6. The number of methoxy groups -OCH3 is 2. The fourth-order valence-corrected chi connectivity index (χ4v) is 5.97. The van der Waals surface area contributed by atoms with E-state index in [1.54, 1.807) is 36.0 Å². The second-order valence-corrected chi connectivity index (χ2v) is 13.2. The van der Waals surface area contributed by atoms with Gasteiger partial charge in [-0.05, 0) is 70.2 Å². The summed E-state index contributed by atoms with van der Waals surface area (Å²) in [5.74, 6) is 1.88. The fourth-order valence-electron chi connectivity index (χ4n) is 5.97. The van der Waals surface area contributed by atoms with E-state index >= 15 is 0 Å². The number of unbranched alkanes of at least 4 members (excludes halogenated alkanes) is 2. The molecule has 0 aliphatic carbocycles. The van der Waals surface area contributed by atoms with Gasteiger partial charge >= 0.3 is 12.1 Å². The monoisotopic (exact) mass is 652 g/mol. The number of carbonyl (C=O) groups is 3. The summed E-state index contributed by atoms with van der Waals surface area (Å²) < 4.78 is 23.0. The first-order valence-corrected chi connectivity index (χ1v) is 16.7. The summed E-state index contributed by atoms with van der Waals surface area (Å²) in [5, 5.41) is 0. The van der Waals surface area contributed by atoms with Crippen molar-refractivity contribution in [3.8, 4) is 17.2 Å². The average Bonchev–Trinajstić information content (AvgIpc) is 3.37. The van der Waals surface area contributed by atoms with E-state index in [4.69, 9.17) is 18.9 Å². The molecular formula is C36H52N4O7. The zero-order valence-electron chi connectivity index (χ0n) is 29.2. The number of amides is 4. The lowest BCUT2D eigenvalue weighted by molar-refractivity contribution is -0.131. The standard InChI is InChI=1S/C36H52N4O7/c1-8-9-10-22-46-32-24-28(14-15-30(32)44-6)39-19-11-18-38(34(39)42)25-27-13-12-26(23-31(27)45-7)16-21-40(35(43)47-36(2,3)4)29-17-20-37(5)33(29)41/h12-15,23-24,29H,8-11,16-22,25H2,1-7H3. The molecule has 47 heavy (non-hydrogen) atoms. The maximum Gasteiger partial charge on any atom is 0.410 e. The first kappa shape index (κ1) is 35.7. The Labute approximate surface area is 279 Å². The van der Waals surface area contributed by atoms with Crippen molar-refractivity contribution in [1.29, 1.82) is 0 Å². The number of urea groups is 1. The second-order valence-electron chi connectivity index (χ2n) is 13.2. The van der Waals surface area contributed by atoms with Gasteiger partial charge in [0.05, 0.1) is 27.4 Å². The topological polar surface area (TPSA) is 101 Å². The molecule has 2 aliphatic rings. The van der Waals surface area contributed by atoms with E-state index in [0.29, 0.717) is 69.4 Å². The van der Waals surface area contributed by atoms with Crippen molar-refractivity contribution in [2.75, 3.05) is 59.0 Å². The molecule has 0 spiro atoms. The van der Waals surface area contributed by atoms with Gasteiger partial charge < -0.3 is 28.7 Å². The SMILES string of the molecule is CCCCCOc1cc(N2CCCN(Cc3ccc(CCN(C(=O)OC(C)(C)C)C4CCN(C)C4=O)cc3OC)C2=O)ccc1OC. The van der Waals surface area contributed by atoms with E-state index in [9.17, 15) is 14.4 Å². The zero-order valence-corrected chi connectivity index (χ0v) is 29.2. The van der Waals surface area contributed by atoms with Crippen molar-refractivity contribution >= 4 is 23.7 Å². The van der Waals surface area contributed by atoms with E-state index in [2.05, 4.69) is 6.92 Å². The van der Waals surface area contributed by atoms with Gasteiger partial charge in [-0.15, -0.1) is 0 Å². The molecule has 11 nitrogen and oxygen atoms in total. The largest absolute Gasteiger partial charge is 0.496 e. The van der Waals surface area contributed by atoms with E-state index in [-0.39, 0.29) is 11.9 Å². The van der Waals surface area contributed by atoms with Gasteiger partial charge in [0, 0.05) is 50.5 Å². The minimum absolute atomic E-state index is 0.0746. The highest BCUT2D eigenvalue weighted by Gasteiger charge is 2.38. The van der Waals surface area contributed by atoms with E-state index in [0.717, 1.165) is 42.5 Å². The molecule has 4 amide bonds. The van der Waals surface area contributed by atoms with Crippen LogP contribution in [0.2, 0.25) is 0 Å². The number of likely N-dealkylation sites (tertiary alicyclic amines) is 1. The summed E-state index contributed by atoms with van der Waals surface area (Å²) in [4.78, 5) is 46.5. The van der Waals surface area contributed by atoms with Crippen molar-refractivity contribution in [3.63, 3.8) is 0 Å². The molecule has 2 aliphatic heterocycles. The van der Waals surface area contributed by atoms with Gasteiger partial charge in [0.1, 0.15) is 17.4 Å². The van der Waals surface area contributed by atoms with Crippen molar-refractivity contribution in [3.05, 3.63) is 47.5 Å². The Morgan fingerprint density at radius 1 is 0.957 bits per heavy atom. The molecular weight excluding hydrogens is 600 g/mol. The normalized spacial score (nSPS) is 16.8. The average molecular weight is 653 g/mol. The summed E-state index contributed by atoms with van der Waals surface area (Å²) in [7, 11) is 4.99. The Morgan fingerprint density at radius 3 is 2.38 bits per heavy atom. The van der Waals surface area contributed by atoms with Gasteiger partial charge in [-0.25, -0.2) is 9.59 Å². The molecule has 0 aromatic heterocycles. The molecule has 1 atom stereocenters. The van der Waals surface area contributed by atoms with Crippen molar-refractivity contribution in [1.82, 2.24) is 14.7 Å². The number of anilines is 1. The van der Waals surface area contributed by atoms with E-state index in [1.165, 1.54) is 0 Å². The molecule has 0 saturated carbocycles. The van der Waals surface area contributed by atoms with Crippen LogP contribution in [0.25, 0.3) is 0 Å². The summed E-state index contributed by atoms with van der Waals surface area (Å²) in [6, 6.07) is 10.9. The Kier molecular flexibility index (Phi) is 12.2. The molecule has 2 heterocycles. The van der Waals surface area contributed by atoms with Gasteiger partial charge in [-0.1, -0.05) is 31.9 Å². The van der Waals surface area contributed by atoms with Crippen LogP contribution < -0.4 is 19.1 Å². The highest BCUT2D eigenvalue weighted by molar-refractivity contribution is 5.93. The Bertz CT molecular complexity index is 1390. The fraction of sp³-hybridized carbons (Fsp3) is 0.583. The molecule has 0 bridgehead atoms. The molecule has 0 N–H and O–H groups in total. The van der Waals surface area contributed by atoms with Crippen molar-refractivity contribution < 1.29 is 33.3 Å². The Morgan fingerprint density at radius 2 is 1.72 bits per heavy atom. The predicted molar refractivity (Wildman–Crippen MR) is 181 cm³/mol. The number of carbonyl (C=O) groups excluding carboxylic acids is 3. The number of hydrogen-bond acceptors (Lipinski definition) is 7. The number of rotatable bonds is 14. The molecule has 2 fully saturated rings. The van der Waals surface area contributed by atoms with Gasteiger partial charge in [0.2, 0.25) is 5.91 Å². The van der Waals surface area contributed by atoms with Crippen LogP contribution in [0.4, 0.5) is 15.3 Å². The summed E-state index contributed by atoms with van der Waals surface area (Å²) in [6.45, 7) is 10.8. The molecule has 4 rings (SSSR count).